The number of aromatic nitrogens is 1. The highest BCUT2D eigenvalue weighted by Gasteiger charge is 2.30. The van der Waals surface area contributed by atoms with Gasteiger partial charge in [0, 0.05) is 59.8 Å². The molecule has 0 amide bonds. The van der Waals surface area contributed by atoms with Crippen molar-refractivity contribution in [2.24, 2.45) is 0 Å². The van der Waals surface area contributed by atoms with Gasteiger partial charge in [-0.15, -0.1) is 11.3 Å². The monoisotopic (exact) mass is 369 g/mol. The van der Waals surface area contributed by atoms with E-state index in [4.69, 9.17) is 4.74 Å². The van der Waals surface area contributed by atoms with Crippen LogP contribution < -0.4 is 0 Å². The normalized spacial score (nSPS) is 17.8. The Morgan fingerprint density at radius 3 is 2.65 bits per heavy atom. The fourth-order valence-electron chi connectivity index (χ4n) is 3.97. The second kappa shape index (κ2) is 7.92. The van der Waals surface area contributed by atoms with Crippen LogP contribution in [0.25, 0.3) is 10.9 Å². The molecule has 3 heterocycles. The zero-order chi connectivity index (χ0) is 17.9. The van der Waals surface area contributed by atoms with Gasteiger partial charge >= 0.3 is 0 Å². The van der Waals surface area contributed by atoms with Crippen LogP contribution >= 0.6 is 11.3 Å². The Morgan fingerprint density at radius 1 is 1.12 bits per heavy atom. The van der Waals surface area contributed by atoms with Crippen molar-refractivity contribution in [1.29, 1.82) is 0 Å². The number of nitrogens with zero attached hydrogens (tertiary/aromatic N) is 2. The molecule has 5 heteroatoms. The molecule has 1 N–H and O–H groups in total. The van der Waals surface area contributed by atoms with Gasteiger partial charge in [0.25, 0.3) is 0 Å². The van der Waals surface area contributed by atoms with Gasteiger partial charge in [-0.1, -0.05) is 24.3 Å². The molecule has 4 nitrogen and oxygen atoms in total. The summed E-state index contributed by atoms with van der Waals surface area (Å²) in [5.41, 5.74) is 3.94. The lowest BCUT2D eigenvalue weighted by atomic mass is 9.99. The van der Waals surface area contributed by atoms with E-state index in [1.807, 2.05) is 11.3 Å². The molecule has 3 aromatic rings. The summed E-state index contributed by atoms with van der Waals surface area (Å²) >= 11 is 1.86. The summed E-state index contributed by atoms with van der Waals surface area (Å²) in [7, 11) is 0. The molecule has 4 rings (SSSR count). The van der Waals surface area contributed by atoms with Gasteiger partial charge in [-0.3, -0.25) is 9.80 Å². The van der Waals surface area contributed by atoms with Crippen LogP contribution in [0.3, 0.4) is 0 Å². The van der Waals surface area contributed by atoms with Crippen LogP contribution in [0.5, 0.6) is 0 Å². The number of piperazine rings is 1. The number of rotatable bonds is 6. The number of fused-ring (bicyclic) bond motifs is 1. The zero-order valence-corrected chi connectivity index (χ0v) is 16.4. The quantitative estimate of drug-likeness (QED) is 0.705. The number of hydrogen-bond donors (Lipinski definition) is 1. The average Bonchev–Trinajstić information content (AvgIpc) is 3.30. The van der Waals surface area contributed by atoms with E-state index in [1.165, 1.54) is 27.0 Å². The molecule has 1 fully saturated rings. The topological polar surface area (TPSA) is 31.5 Å². The number of para-hydroxylation sites is 1. The molecule has 0 aliphatic carbocycles. The van der Waals surface area contributed by atoms with Crippen molar-refractivity contribution >= 4 is 22.2 Å². The number of hydrogen-bond acceptors (Lipinski definition) is 4. The SMILES string of the molecule is CCOCN1CCN(C(c2cccs2)c2c(C)[nH]c3ccccc23)CC1. The number of aromatic amines is 1. The fourth-order valence-corrected chi connectivity index (χ4v) is 4.84. The molecule has 1 atom stereocenters. The summed E-state index contributed by atoms with van der Waals surface area (Å²) < 4.78 is 5.59. The number of thiophene rings is 1. The minimum atomic E-state index is 0.320. The Kier molecular flexibility index (Phi) is 5.41. The first-order valence-electron chi connectivity index (χ1n) is 9.42. The molecule has 1 aromatic carbocycles. The highest BCUT2D eigenvalue weighted by Crippen LogP contribution is 2.38. The predicted molar refractivity (Wildman–Crippen MR) is 109 cm³/mol. The number of benzene rings is 1. The van der Waals surface area contributed by atoms with E-state index in [0.717, 1.165) is 39.5 Å². The van der Waals surface area contributed by atoms with Crippen molar-refractivity contribution in [2.75, 3.05) is 39.5 Å². The van der Waals surface area contributed by atoms with Gasteiger partial charge in [0.1, 0.15) is 0 Å². The third kappa shape index (κ3) is 3.45. The average molecular weight is 370 g/mol. The second-order valence-corrected chi connectivity index (χ2v) is 7.88. The van der Waals surface area contributed by atoms with Crippen LogP contribution in [0.1, 0.15) is 29.1 Å². The highest BCUT2D eigenvalue weighted by atomic mass is 32.1. The smallest absolute Gasteiger partial charge is 0.0990 e. The summed E-state index contributed by atoms with van der Waals surface area (Å²) in [6.45, 7) is 10.0. The van der Waals surface area contributed by atoms with Gasteiger partial charge in [-0.05, 0) is 31.4 Å². The molecule has 1 unspecified atom stereocenters. The Labute approximate surface area is 159 Å². The molecule has 1 aliphatic rings. The van der Waals surface area contributed by atoms with Gasteiger partial charge in [-0.2, -0.15) is 0 Å². The van der Waals surface area contributed by atoms with E-state index in [0.29, 0.717) is 6.04 Å². The Bertz CT molecular complexity index is 834. The van der Waals surface area contributed by atoms with Crippen molar-refractivity contribution in [1.82, 2.24) is 14.8 Å². The Morgan fingerprint density at radius 2 is 1.92 bits per heavy atom. The highest BCUT2D eigenvalue weighted by molar-refractivity contribution is 7.10. The molecule has 2 aromatic heterocycles. The van der Waals surface area contributed by atoms with Gasteiger partial charge in [0.2, 0.25) is 0 Å². The largest absolute Gasteiger partial charge is 0.366 e. The molecule has 138 valence electrons. The maximum atomic E-state index is 5.59. The molecular formula is C21H27N3OS. The molecule has 1 saturated heterocycles. The molecule has 0 bridgehead atoms. The first kappa shape index (κ1) is 17.7. The third-order valence-electron chi connectivity index (χ3n) is 5.28. The fraction of sp³-hybridized carbons (Fsp3) is 0.429. The standard InChI is InChI=1S/C21H27N3OS/c1-3-25-15-23-10-12-24(13-11-23)21(19-9-6-14-26-19)20-16(2)22-18-8-5-4-7-17(18)20/h4-9,14,21-22H,3,10-13,15H2,1-2H3. The minimum absolute atomic E-state index is 0.320. The Hall–Kier alpha value is -1.66. The predicted octanol–water partition coefficient (Wildman–Crippen LogP) is 4.24. The molecule has 0 radical (unpaired) electrons. The van der Waals surface area contributed by atoms with E-state index in [9.17, 15) is 0 Å². The van der Waals surface area contributed by atoms with Crippen LogP contribution in [0, 0.1) is 6.92 Å². The van der Waals surface area contributed by atoms with Crippen molar-refractivity contribution < 1.29 is 4.74 Å². The van der Waals surface area contributed by atoms with Gasteiger partial charge in [0.15, 0.2) is 0 Å². The summed E-state index contributed by atoms with van der Waals surface area (Å²) in [6.07, 6.45) is 0. The first-order chi connectivity index (χ1) is 12.8. The number of aryl methyl sites for hydroxylation is 1. The molecule has 0 spiro atoms. The van der Waals surface area contributed by atoms with Crippen molar-refractivity contribution in [3.63, 3.8) is 0 Å². The van der Waals surface area contributed by atoms with Crippen LogP contribution in [0.2, 0.25) is 0 Å². The maximum absolute atomic E-state index is 5.59. The van der Waals surface area contributed by atoms with E-state index in [1.54, 1.807) is 0 Å². The van der Waals surface area contributed by atoms with Gasteiger partial charge in [0.05, 0.1) is 12.8 Å². The van der Waals surface area contributed by atoms with E-state index in [-0.39, 0.29) is 0 Å². The van der Waals surface area contributed by atoms with Crippen molar-refractivity contribution in [3.8, 4) is 0 Å². The summed E-state index contributed by atoms with van der Waals surface area (Å²) in [5, 5.41) is 3.54. The van der Waals surface area contributed by atoms with Crippen LogP contribution in [-0.4, -0.2) is 54.3 Å². The molecule has 26 heavy (non-hydrogen) atoms. The first-order valence-corrected chi connectivity index (χ1v) is 10.3. The summed E-state index contributed by atoms with van der Waals surface area (Å²) in [5.74, 6) is 0. The van der Waals surface area contributed by atoms with E-state index in [2.05, 4.69) is 70.4 Å². The summed E-state index contributed by atoms with van der Waals surface area (Å²) in [6, 6.07) is 13.4. The number of ether oxygens (including phenoxy) is 1. The third-order valence-corrected chi connectivity index (χ3v) is 6.20. The number of nitrogens with one attached hydrogen (secondary N) is 1. The van der Waals surface area contributed by atoms with Crippen molar-refractivity contribution in [3.05, 3.63) is 57.9 Å². The van der Waals surface area contributed by atoms with Crippen molar-refractivity contribution in [2.45, 2.75) is 19.9 Å². The van der Waals surface area contributed by atoms with Gasteiger partial charge in [-0.25, -0.2) is 0 Å². The van der Waals surface area contributed by atoms with Crippen LogP contribution in [0.4, 0.5) is 0 Å². The summed E-state index contributed by atoms with van der Waals surface area (Å²) in [4.78, 5) is 10.1. The van der Waals surface area contributed by atoms with Crippen LogP contribution in [-0.2, 0) is 4.74 Å². The lowest BCUT2D eigenvalue weighted by molar-refractivity contribution is 0.00209. The number of H-pyrrole nitrogens is 1. The van der Waals surface area contributed by atoms with E-state index >= 15 is 0 Å². The van der Waals surface area contributed by atoms with Crippen LogP contribution in [0.15, 0.2) is 41.8 Å². The second-order valence-electron chi connectivity index (χ2n) is 6.90. The maximum Gasteiger partial charge on any atom is 0.0990 e. The molecule has 1 aliphatic heterocycles. The van der Waals surface area contributed by atoms with E-state index < -0.39 is 0 Å². The molecule has 0 saturated carbocycles. The molecular weight excluding hydrogens is 342 g/mol. The minimum Gasteiger partial charge on any atom is -0.366 e. The Balaban J connectivity index is 1.65. The lowest BCUT2D eigenvalue weighted by Crippen LogP contribution is -2.48. The van der Waals surface area contributed by atoms with Gasteiger partial charge < -0.3 is 9.72 Å². The zero-order valence-electron chi connectivity index (χ0n) is 15.6. The lowest BCUT2D eigenvalue weighted by Gasteiger charge is -2.39.